The maximum absolute atomic E-state index is 5.21. The number of aromatic nitrogens is 3. The van der Waals surface area contributed by atoms with Crippen LogP contribution in [-0.2, 0) is 31.9 Å². The zero-order valence-electron chi connectivity index (χ0n) is 29.9. The molecule has 6 heteroatoms. The predicted octanol–water partition coefficient (Wildman–Crippen LogP) is 10.5. The van der Waals surface area contributed by atoms with Crippen molar-refractivity contribution in [3.63, 3.8) is 0 Å². The first-order chi connectivity index (χ1) is 25.3. The summed E-state index contributed by atoms with van der Waals surface area (Å²) in [4.78, 5) is 14.5. The van der Waals surface area contributed by atoms with E-state index in [0.29, 0.717) is 0 Å². The van der Waals surface area contributed by atoms with Crippen molar-refractivity contribution in [3.05, 3.63) is 187 Å². The first kappa shape index (κ1) is 33.3. The van der Waals surface area contributed by atoms with Crippen molar-refractivity contribution in [2.45, 2.75) is 31.6 Å². The number of rotatable bonds is 4. The Hall–Kier alpha value is -5.51. The summed E-state index contributed by atoms with van der Waals surface area (Å²) in [7, 11) is 2.08. The number of hydrogen-bond acceptors (Lipinski definition) is 4. The molecule has 0 saturated heterocycles. The fourth-order valence-corrected chi connectivity index (χ4v) is 8.43. The van der Waals surface area contributed by atoms with E-state index in [4.69, 9.17) is 9.97 Å². The predicted molar refractivity (Wildman–Crippen MR) is 211 cm³/mol. The molecule has 8 aromatic rings. The Labute approximate surface area is 324 Å². The SMILES string of the molecule is CN1[CH-]N(c2[c-]c(C3(c4[c-]c5c(cc4)c4ccccc4n5-c4cc(C(C)(C)C)ccn4)c4ccccc4-c4ccccc43)ncc2)c2ccccc21.[Pt]. The summed E-state index contributed by atoms with van der Waals surface area (Å²) in [5.74, 6) is 0.882. The molecule has 0 spiro atoms. The molecule has 262 valence electrons. The minimum atomic E-state index is -0.787. The molecule has 0 amide bonds. The van der Waals surface area contributed by atoms with E-state index in [0.717, 1.165) is 50.6 Å². The number of nitrogens with zero attached hydrogens (tertiary/aromatic N) is 5. The van der Waals surface area contributed by atoms with Crippen LogP contribution in [0.5, 0.6) is 0 Å². The molecule has 0 bridgehead atoms. The van der Waals surface area contributed by atoms with E-state index >= 15 is 0 Å². The first-order valence-electron chi connectivity index (χ1n) is 17.8. The quantitative estimate of drug-likeness (QED) is 0.165. The number of hydrogen-bond donors (Lipinski definition) is 0. The Balaban J connectivity index is 0.00000372. The van der Waals surface area contributed by atoms with Crippen LogP contribution < -0.4 is 9.80 Å². The van der Waals surface area contributed by atoms with Crippen molar-refractivity contribution >= 4 is 38.9 Å². The van der Waals surface area contributed by atoms with Crippen molar-refractivity contribution < 1.29 is 21.1 Å². The number of pyridine rings is 2. The van der Waals surface area contributed by atoms with Gasteiger partial charge in [-0.05, 0) is 81.7 Å². The maximum atomic E-state index is 5.21. The van der Waals surface area contributed by atoms with E-state index in [1.165, 1.54) is 33.2 Å². The molecule has 10 rings (SSSR count). The van der Waals surface area contributed by atoms with E-state index in [2.05, 4.69) is 188 Å². The van der Waals surface area contributed by atoms with Crippen molar-refractivity contribution in [1.82, 2.24) is 14.5 Å². The molecular formula is C47H36N5Pt-3. The van der Waals surface area contributed by atoms with Gasteiger partial charge in [-0.15, -0.1) is 10.9 Å². The second kappa shape index (κ2) is 12.3. The molecule has 4 heterocycles. The molecular weight excluding hydrogens is 830 g/mol. The Morgan fingerprint density at radius 1 is 0.660 bits per heavy atom. The Kier molecular flexibility index (Phi) is 7.73. The van der Waals surface area contributed by atoms with Gasteiger partial charge < -0.3 is 14.4 Å². The van der Waals surface area contributed by atoms with E-state index in [-0.39, 0.29) is 26.5 Å². The van der Waals surface area contributed by atoms with E-state index in [1.807, 2.05) is 12.4 Å². The van der Waals surface area contributed by atoms with Crippen LogP contribution in [0.2, 0.25) is 0 Å². The average molecular weight is 866 g/mol. The van der Waals surface area contributed by atoms with Crippen LogP contribution in [0.1, 0.15) is 48.7 Å². The summed E-state index contributed by atoms with van der Waals surface area (Å²) in [6.45, 7) is 8.86. The Morgan fingerprint density at radius 2 is 1.32 bits per heavy atom. The summed E-state index contributed by atoms with van der Waals surface area (Å²) >= 11 is 0. The monoisotopic (exact) mass is 865 g/mol. The van der Waals surface area contributed by atoms with E-state index < -0.39 is 5.41 Å². The van der Waals surface area contributed by atoms with Crippen LogP contribution in [0.4, 0.5) is 17.1 Å². The molecule has 1 aliphatic heterocycles. The van der Waals surface area contributed by atoms with Crippen molar-refractivity contribution in [3.8, 4) is 16.9 Å². The van der Waals surface area contributed by atoms with Gasteiger partial charge in [0.15, 0.2) is 0 Å². The van der Waals surface area contributed by atoms with Gasteiger partial charge in [-0.3, -0.25) is 4.98 Å². The summed E-state index contributed by atoms with van der Waals surface area (Å²) in [6, 6.07) is 53.4. The van der Waals surface area contributed by atoms with Gasteiger partial charge in [-0.1, -0.05) is 111 Å². The second-order valence-corrected chi connectivity index (χ2v) is 14.9. The molecule has 2 aliphatic rings. The van der Waals surface area contributed by atoms with Crippen molar-refractivity contribution in [1.29, 1.82) is 0 Å². The maximum Gasteiger partial charge on any atom is 0.135 e. The Bertz CT molecular complexity index is 2660. The summed E-state index contributed by atoms with van der Waals surface area (Å²) in [5, 5.41) is 2.30. The third-order valence-corrected chi connectivity index (χ3v) is 10.9. The molecule has 0 radical (unpaired) electrons. The van der Waals surface area contributed by atoms with Gasteiger partial charge in [-0.25, -0.2) is 11.1 Å². The molecule has 3 aromatic heterocycles. The van der Waals surface area contributed by atoms with Crippen LogP contribution in [-0.4, -0.2) is 21.6 Å². The summed E-state index contributed by atoms with van der Waals surface area (Å²) in [5.41, 5.74) is 12.3. The zero-order chi connectivity index (χ0) is 35.2. The molecule has 5 aromatic carbocycles. The van der Waals surface area contributed by atoms with Crippen LogP contribution in [0.15, 0.2) is 140 Å². The fourth-order valence-electron chi connectivity index (χ4n) is 8.43. The number of para-hydroxylation sites is 3. The first-order valence-corrected chi connectivity index (χ1v) is 17.8. The minimum absolute atomic E-state index is 0. The smallest absolute Gasteiger partial charge is 0.135 e. The van der Waals surface area contributed by atoms with Gasteiger partial charge in [0.2, 0.25) is 0 Å². The Morgan fingerprint density at radius 3 is 2.08 bits per heavy atom. The minimum Gasteiger partial charge on any atom is -0.504 e. The zero-order valence-corrected chi connectivity index (χ0v) is 32.2. The normalized spacial score (nSPS) is 14.3. The molecule has 0 saturated carbocycles. The van der Waals surface area contributed by atoms with Gasteiger partial charge in [-0.2, -0.15) is 36.6 Å². The third-order valence-electron chi connectivity index (χ3n) is 10.9. The van der Waals surface area contributed by atoms with E-state index in [9.17, 15) is 0 Å². The van der Waals surface area contributed by atoms with Gasteiger partial charge in [0, 0.05) is 49.6 Å². The van der Waals surface area contributed by atoms with Gasteiger partial charge in [0.25, 0.3) is 0 Å². The average Bonchev–Trinajstić information content (AvgIpc) is 3.80. The number of anilines is 3. The molecule has 53 heavy (non-hydrogen) atoms. The molecule has 5 nitrogen and oxygen atoms in total. The standard InChI is InChI=1S/C47H36N5.Pt/c1-46(2,3)31-23-25-49-45(28-31)52-40-18-10-7-15-36(40)37-22-21-32(27-43(37)52)47(38-16-8-5-13-34(38)35-14-6-9-17-39(35)47)44-29-33(24-26-48-44)51-30-50(4)41-19-11-12-20-42(41)51;/h5-26,28,30H,1-4H3;/q-3;. The van der Waals surface area contributed by atoms with Crippen molar-refractivity contribution in [2.75, 3.05) is 16.8 Å². The van der Waals surface area contributed by atoms with Crippen LogP contribution in [0, 0.1) is 18.8 Å². The fraction of sp³-hybridized carbons (Fsp3) is 0.128. The van der Waals surface area contributed by atoms with Crippen LogP contribution >= 0.6 is 0 Å². The molecule has 0 atom stereocenters. The van der Waals surface area contributed by atoms with Gasteiger partial charge in [0.05, 0.1) is 0 Å². The molecule has 0 fully saturated rings. The van der Waals surface area contributed by atoms with Crippen LogP contribution in [0.25, 0.3) is 38.8 Å². The number of fused-ring (bicyclic) bond motifs is 7. The number of benzene rings is 5. The third kappa shape index (κ3) is 4.87. The van der Waals surface area contributed by atoms with E-state index in [1.54, 1.807) is 0 Å². The second-order valence-electron chi connectivity index (χ2n) is 14.9. The summed E-state index contributed by atoms with van der Waals surface area (Å²) < 4.78 is 2.28. The van der Waals surface area contributed by atoms with Gasteiger partial charge >= 0.3 is 0 Å². The molecule has 0 unspecified atom stereocenters. The molecule has 0 N–H and O–H groups in total. The van der Waals surface area contributed by atoms with Crippen molar-refractivity contribution in [2.24, 2.45) is 0 Å². The molecule has 1 aliphatic carbocycles. The largest absolute Gasteiger partial charge is 0.504 e. The van der Waals surface area contributed by atoms with Gasteiger partial charge in [0.1, 0.15) is 5.82 Å². The van der Waals surface area contributed by atoms with Crippen LogP contribution in [0.3, 0.4) is 0 Å². The topological polar surface area (TPSA) is 37.2 Å². The summed E-state index contributed by atoms with van der Waals surface area (Å²) in [6.07, 6.45) is 3.86.